The zero-order chi connectivity index (χ0) is 13.1. The van der Waals surface area contributed by atoms with E-state index in [9.17, 15) is 4.79 Å². The lowest BCUT2D eigenvalue weighted by molar-refractivity contribution is 0.0954. The van der Waals surface area contributed by atoms with Crippen molar-refractivity contribution in [1.29, 1.82) is 0 Å². The highest BCUT2D eigenvalue weighted by Gasteiger charge is 2.09. The molecule has 0 saturated carbocycles. The fourth-order valence-corrected chi connectivity index (χ4v) is 2.14. The minimum atomic E-state index is -0.181. The number of aromatic amines is 1. The van der Waals surface area contributed by atoms with Gasteiger partial charge >= 0.3 is 0 Å². The van der Waals surface area contributed by atoms with Crippen LogP contribution in [0.25, 0.3) is 5.65 Å². The third-order valence-electron chi connectivity index (χ3n) is 2.42. The van der Waals surface area contributed by atoms with Crippen molar-refractivity contribution >= 4 is 23.3 Å². The van der Waals surface area contributed by atoms with Crippen molar-refractivity contribution in [3.63, 3.8) is 0 Å². The Hall–Kier alpha value is -2.42. The highest BCUT2D eigenvalue weighted by atomic mass is 32.2. The van der Waals surface area contributed by atoms with Gasteiger partial charge in [-0.2, -0.15) is 5.21 Å². The van der Waals surface area contributed by atoms with Crippen LogP contribution in [0.3, 0.4) is 0 Å². The first-order chi connectivity index (χ1) is 9.34. The second kappa shape index (κ2) is 5.06. The van der Waals surface area contributed by atoms with Crippen LogP contribution in [0.1, 0.15) is 10.5 Å². The predicted molar refractivity (Wildman–Crippen MR) is 67.6 cm³/mol. The molecular formula is C10H9N7OS. The molecule has 0 aromatic carbocycles. The van der Waals surface area contributed by atoms with Crippen LogP contribution in [0, 0.1) is 0 Å². The Balaban J connectivity index is 1.68. The monoisotopic (exact) mass is 275 g/mol. The first-order valence-corrected chi connectivity index (χ1v) is 6.40. The number of carbonyl (C=O) groups is 1. The van der Waals surface area contributed by atoms with E-state index in [1.54, 1.807) is 28.9 Å². The number of hydrogen-bond acceptors (Lipinski definition) is 6. The van der Waals surface area contributed by atoms with Crippen LogP contribution in [0.5, 0.6) is 0 Å². The third-order valence-corrected chi connectivity index (χ3v) is 3.14. The van der Waals surface area contributed by atoms with E-state index in [1.807, 2.05) is 6.07 Å². The smallest absolute Gasteiger partial charge is 0.268 e. The average Bonchev–Trinajstić information content (AvgIpc) is 3.08. The Bertz CT molecular complexity index is 693. The Kier molecular flexibility index (Phi) is 3.11. The van der Waals surface area contributed by atoms with Crippen molar-refractivity contribution in [3.05, 3.63) is 36.3 Å². The van der Waals surface area contributed by atoms with Crippen LogP contribution < -0.4 is 5.32 Å². The molecule has 9 heteroatoms. The molecule has 0 aliphatic carbocycles. The summed E-state index contributed by atoms with van der Waals surface area (Å²) < 4.78 is 1.73. The summed E-state index contributed by atoms with van der Waals surface area (Å²) in [5.74, 6) is 0.184. The molecule has 3 heterocycles. The van der Waals surface area contributed by atoms with E-state index in [0.29, 0.717) is 16.7 Å². The molecule has 0 fully saturated rings. The molecule has 0 unspecified atom stereocenters. The standard InChI is InChI=1S/C10H9N7OS/c18-9(12-6-19-10-13-15-16-14-10)7-2-1-3-8-11-4-5-17(7)8/h1-5H,6H2,(H,12,18)(H,13,14,15,16). The summed E-state index contributed by atoms with van der Waals surface area (Å²) in [5.41, 5.74) is 1.27. The van der Waals surface area contributed by atoms with E-state index in [1.165, 1.54) is 11.8 Å². The Morgan fingerprint density at radius 1 is 1.47 bits per heavy atom. The Morgan fingerprint density at radius 3 is 3.26 bits per heavy atom. The highest BCUT2D eigenvalue weighted by Crippen LogP contribution is 2.09. The van der Waals surface area contributed by atoms with Crippen LogP contribution >= 0.6 is 11.8 Å². The van der Waals surface area contributed by atoms with Gasteiger partial charge in [-0.3, -0.25) is 9.20 Å². The van der Waals surface area contributed by atoms with Crippen molar-refractivity contribution in [2.45, 2.75) is 5.16 Å². The van der Waals surface area contributed by atoms with Crippen LogP contribution in [-0.2, 0) is 0 Å². The fourth-order valence-electron chi connectivity index (χ4n) is 1.60. The zero-order valence-corrected chi connectivity index (χ0v) is 10.5. The molecule has 0 saturated heterocycles. The average molecular weight is 275 g/mol. The first-order valence-electron chi connectivity index (χ1n) is 5.41. The van der Waals surface area contributed by atoms with Gasteiger partial charge in [-0.25, -0.2) is 4.98 Å². The summed E-state index contributed by atoms with van der Waals surface area (Å²) >= 11 is 1.28. The molecule has 3 rings (SSSR count). The Morgan fingerprint density at radius 2 is 2.42 bits per heavy atom. The van der Waals surface area contributed by atoms with Crippen LogP contribution in [0.4, 0.5) is 0 Å². The van der Waals surface area contributed by atoms with Crippen molar-refractivity contribution < 1.29 is 4.79 Å². The van der Waals surface area contributed by atoms with Gasteiger partial charge in [-0.15, -0.1) is 10.2 Å². The number of pyridine rings is 1. The number of tetrazole rings is 1. The van der Waals surface area contributed by atoms with Crippen molar-refractivity contribution in [2.75, 3.05) is 5.88 Å². The SMILES string of the molecule is O=C(NCSc1nn[nH]n1)c1cccc2nccn12. The summed E-state index contributed by atoms with van der Waals surface area (Å²) in [7, 11) is 0. The summed E-state index contributed by atoms with van der Waals surface area (Å²) in [4.78, 5) is 16.2. The number of nitrogens with one attached hydrogen (secondary N) is 2. The molecule has 2 N–H and O–H groups in total. The molecule has 3 aromatic rings. The molecular weight excluding hydrogens is 266 g/mol. The number of hydrogen-bond donors (Lipinski definition) is 2. The van der Waals surface area contributed by atoms with Gasteiger partial charge in [0.2, 0.25) is 5.16 Å². The maximum atomic E-state index is 12.0. The number of rotatable bonds is 4. The molecule has 8 nitrogen and oxygen atoms in total. The number of nitrogens with zero attached hydrogens (tertiary/aromatic N) is 5. The van der Waals surface area contributed by atoms with E-state index in [-0.39, 0.29) is 5.91 Å². The number of fused-ring (bicyclic) bond motifs is 1. The third kappa shape index (κ3) is 2.40. The summed E-state index contributed by atoms with van der Waals surface area (Å²) in [6, 6.07) is 5.37. The lowest BCUT2D eigenvalue weighted by Crippen LogP contribution is -2.24. The summed E-state index contributed by atoms with van der Waals surface area (Å²) in [6.45, 7) is 0. The molecule has 0 atom stereocenters. The van der Waals surface area contributed by atoms with Crippen LogP contribution in [0.2, 0.25) is 0 Å². The number of H-pyrrole nitrogens is 1. The quantitative estimate of drug-likeness (QED) is 0.525. The number of imidazole rings is 1. The van der Waals surface area contributed by atoms with E-state index >= 15 is 0 Å². The van der Waals surface area contributed by atoms with Gasteiger partial charge < -0.3 is 5.32 Å². The molecule has 0 bridgehead atoms. The molecule has 1 amide bonds. The van der Waals surface area contributed by atoms with Gasteiger partial charge in [-0.05, 0) is 17.3 Å². The van der Waals surface area contributed by atoms with Crippen molar-refractivity contribution in [1.82, 2.24) is 35.3 Å². The fraction of sp³-hybridized carbons (Fsp3) is 0.100. The van der Waals surface area contributed by atoms with Gasteiger partial charge in [0, 0.05) is 12.4 Å². The molecule has 19 heavy (non-hydrogen) atoms. The minimum Gasteiger partial charge on any atom is -0.341 e. The largest absolute Gasteiger partial charge is 0.341 e. The van der Waals surface area contributed by atoms with E-state index < -0.39 is 0 Å². The molecule has 3 aromatic heterocycles. The molecule has 96 valence electrons. The van der Waals surface area contributed by atoms with Crippen molar-refractivity contribution in [2.24, 2.45) is 0 Å². The topological polar surface area (TPSA) is 101 Å². The number of aromatic nitrogens is 6. The number of thioether (sulfide) groups is 1. The maximum Gasteiger partial charge on any atom is 0.268 e. The maximum absolute atomic E-state index is 12.0. The molecule has 0 aliphatic heterocycles. The lowest BCUT2D eigenvalue weighted by Gasteiger charge is -2.05. The second-order valence-electron chi connectivity index (χ2n) is 3.56. The normalized spacial score (nSPS) is 10.7. The number of amides is 1. The molecule has 0 radical (unpaired) electrons. The highest BCUT2D eigenvalue weighted by molar-refractivity contribution is 7.99. The first kappa shape index (κ1) is 11.7. The van der Waals surface area contributed by atoms with Crippen molar-refractivity contribution in [3.8, 4) is 0 Å². The zero-order valence-electron chi connectivity index (χ0n) is 9.65. The second-order valence-corrected chi connectivity index (χ2v) is 4.50. The van der Waals surface area contributed by atoms with Gasteiger partial charge in [0.15, 0.2) is 0 Å². The Labute approximate surface area is 111 Å². The predicted octanol–water partition coefficient (Wildman–Crippen LogP) is 0.327. The minimum absolute atomic E-state index is 0.181. The number of carbonyl (C=O) groups excluding carboxylic acids is 1. The van der Waals surface area contributed by atoms with Gasteiger partial charge in [0.1, 0.15) is 11.3 Å². The van der Waals surface area contributed by atoms with Crippen LogP contribution in [-0.4, -0.2) is 41.8 Å². The van der Waals surface area contributed by atoms with E-state index in [2.05, 4.69) is 30.9 Å². The summed E-state index contributed by atoms with van der Waals surface area (Å²) in [5, 5.41) is 16.6. The summed E-state index contributed by atoms with van der Waals surface area (Å²) in [6.07, 6.45) is 3.40. The van der Waals surface area contributed by atoms with Gasteiger partial charge in [0.05, 0.1) is 5.88 Å². The molecule has 0 aliphatic rings. The lowest BCUT2D eigenvalue weighted by atomic mass is 10.3. The van der Waals surface area contributed by atoms with Gasteiger partial charge in [0.25, 0.3) is 5.91 Å². The van der Waals surface area contributed by atoms with Crippen LogP contribution in [0.15, 0.2) is 35.7 Å². The molecule has 0 spiro atoms. The van der Waals surface area contributed by atoms with Gasteiger partial charge in [-0.1, -0.05) is 17.8 Å². The van der Waals surface area contributed by atoms with E-state index in [4.69, 9.17) is 0 Å². The van der Waals surface area contributed by atoms with E-state index in [0.717, 1.165) is 5.65 Å².